The molecule has 0 aliphatic heterocycles. The highest BCUT2D eigenvalue weighted by molar-refractivity contribution is 7.53. The van der Waals surface area contributed by atoms with E-state index in [4.69, 9.17) is 9.05 Å². The first-order valence-corrected chi connectivity index (χ1v) is 12.9. The number of hydrogen-bond acceptors (Lipinski definition) is 4. The van der Waals surface area contributed by atoms with E-state index >= 15 is 0 Å². The van der Waals surface area contributed by atoms with E-state index < -0.39 is 7.60 Å². The van der Waals surface area contributed by atoms with Crippen LogP contribution >= 0.6 is 7.60 Å². The largest absolute Gasteiger partial charge is 0.344 e. The van der Waals surface area contributed by atoms with E-state index in [0.29, 0.717) is 31.3 Å². The maximum absolute atomic E-state index is 13.3. The zero-order valence-electron chi connectivity index (χ0n) is 18.2. The predicted octanol–water partition coefficient (Wildman–Crippen LogP) is 6.99. The molecule has 0 aliphatic rings. The van der Waals surface area contributed by atoms with Gasteiger partial charge in [-0.3, -0.25) is 4.57 Å². The van der Waals surface area contributed by atoms with Gasteiger partial charge in [0.05, 0.1) is 19.5 Å². The van der Waals surface area contributed by atoms with Crippen LogP contribution < -0.4 is 5.32 Å². The van der Waals surface area contributed by atoms with Gasteiger partial charge in [0.25, 0.3) is 0 Å². The molecule has 0 bridgehead atoms. The van der Waals surface area contributed by atoms with Crippen molar-refractivity contribution in [3.63, 3.8) is 0 Å². The van der Waals surface area contributed by atoms with Gasteiger partial charge in [-0.2, -0.15) is 0 Å². The van der Waals surface area contributed by atoms with Crippen LogP contribution in [0.25, 0.3) is 0 Å². The van der Waals surface area contributed by atoms with Crippen molar-refractivity contribution in [2.24, 2.45) is 11.8 Å². The summed E-state index contributed by atoms with van der Waals surface area (Å²) >= 11 is 0. The lowest BCUT2D eigenvalue weighted by Crippen LogP contribution is -2.21. The fourth-order valence-corrected chi connectivity index (χ4v) is 4.45. The average Bonchev–Trinajstić information content (AvgIpc) is 2.66. The molecule has 2 atom stereocenters. The molecule has 0 rings (SSSR count). The van der Waals surface area contributed by atoms with Gasteiger partial charge in [0.15, 0.2) is 0 Å². The molecule has 0 aromatic heterocycles. The van der Waals surface area contributed by atoms with Crippen LogP contribution in [0.3, 0.4) is 0 Å². The van der Waals surface area contributed by atoms with Gasteiger partial charge in [-0.05, 0) is 37.6 Å². The lowest BCUT2D eigenvalue weighted by molar-refractivity contribution is 0.150. The average molecular weight is 392 g/mol. The van der Waals surface area contributed by atoms with Gasteiger partial charge in [-0.15, -0.1) is 0 Å². The van der Waals surface area contributed by atoms with E-state index in [0.717, 1.165) is 45.1 Å². The molecule has 158 valence electrons. The van der Waals surface area contributed by atoms with Gasteiger partial charge in [0.1, 0.15) is 0 Å². The lowest BCUT2D eigenvalue weighted by Gasteiger charge is -2.24. The van der Waals surface area contributed by atoms with Crippen LogP contribution in [0.1, 0.15) is 98.8 Å². The summed E-state index contributed by atoms with van der Waals surface area (Å²) in [5, 5.41) is 3.28. The Morgan fingerprint density at radius 3 is 1.62 bits per heavy atom. The van der Waals surface area contributed by atoms with Gasteiger partial charge >= 0.3 is 7.60 Å². The van der Waals surface area contributed by atoms with Crippen molar-refractivity contribution in [1.29, 1.82) is 0 Å². The standard InChI is InChI=1S/C21H46NO3P/c1-6-11-14-20(9-4)17-24-26(23,19-22-16-13-8-3)25-18-21(10-5)15-12-7-2/h20-22H,6-19H2,1-5H3. The minimum absolute atomic E-state index is 0.335. The lowest BCUT2D eigenvalue weighted by atomic mass is 10.0. The summed E-state index contributed by atoms with van der Waals surface area (Å²) in [5.41, 5.74) is 0. The summed E-state index contributed by atoms with van der Waals surface area (Å²) in [7, 11) is -3.07. The number of rotatable bonds is 19. The highest BCUT2D eigenvalue weighted by atomic mass is 31.2. The summed E-state index contributed by atoms with van der Waals surface area (Å²) in [4.78, 5) is 0. The van der Waals surface area contributed by atoms with Crippen molar-refractivity contribution in [3.05, 3.63) is 0 Å². The first-order valence-electron chi connectivity index (χ1n) is 11.1. The molecule has 0 heterocycles. The van der Waals surface area contributed by atoms with Crippen LogP contribution in [0.4, 0.5) is 0 Å². The number of unbranched alkanes of at least 4 members (excludes halogenated alkanes) is 3. The smallest absolute Gasteiger partial charge is 0.307 e. The van der Waals surface area contributed by atoms with Gasteiger partial charge < -0.3 is 14.4 Å². The minimum atomic E-state index is -3.07. The van der Waals surface area contributed by atoms with Crippen molar-refractivity contribution in [2.75, 3.05) is 26.0 Å². The van der Waals surface area contributed by atoms with E-state index in [1.807, 2.05) is 0 Å². The fraction of sp³-hybridized carbons (Fsp3) is 1.00. The molecular weight excluding hydrogens is 345 g/mol. The molecule has 0 amide bonds. The molecule has 0 aliphatic carbocycles. The second kappa shape index (κ2) is 17.2. The molecule has 2 unspecified atom stereocenters. The van der Waals surface area contributed by atoms with E-state index in [-0.39, 0.29) is 0 Å². The van der Waals surface area contributed by atoms with Crippen molar-refractivity contribution in [3.8, 4) is 0 Å². The SMILES string of the molecule is CCCCNCP(=O)(OCC(CC)CCCC)OCC(CC)CCCC. The molecule has 0 radical (unpaired) electrons. The molecule has 26 heavy (non-hydrogen) atoms. The molecule has 0 saturated carbocycles. The Hall–Kier alpha value is 0.110. The van der Waals surface area contributed by atoms with Gasteiger partial charge in [-0.1, -0.05) is 79.6 Å². The molecule has 0 spiro atoms. The summed E-state index contributed by atoms with van der Waals surface area (Å²) < 4.78 is 25.1. The summed E-state index contributed by atoms with van der Waals surface area (Å²) in [6, 6.07) is 0. The fourth-order valence-electron chi connectivity index (χ4n) is 2.88. The van der Waals surface area contributed by atoms with Gasteiger partial charge in [0, 0.05) is 0 Å². The van der Waals surface area contributed by atoms with Crippen molar-refractivity contribution in [2.45, 2.75) is 98.8 Å². The van der Waals surface area contributed by atoms with Crippen LogP contribution in [0.2, 0.25) is 0 Å². The van der Waals surface area contributed by atoms with Crippen LogP contribution in [0.5, 0.6) is 0 Å². The maximum Gasteiger partial charge on any atom is 0.344 e. The topological polar surface area (TPSA) is 47.6 Å². The Bertz CT molecular complexity index is 328. The van der Waals surface area contributed by atoms with Crippen LogP contribution in [0.15, 0.2) is 0 Å². The summed E-state index contributed by atoms with van der Waals surface area (Å²) in [6.07, 6.45) is 11.8. The molecular formula is C21H46NO3P. The van der Waals surface area contributed by atoms with E-state index in [1.165, 1.54) is 25.7 Å². The Morgan fingerprint density at radius 1 is 0.769 bits per heavy atom. The molecule has 0 aromatic carbocycles. The first kappa shape index (κ1) is 26.1. The van der Waals surface area contributed by atoms with Crippen LogP contribution in [-0.4, -0.2) is 26.0 Å². The third-order valence-corrected chi connectivity index (χ3v) is 6.81. The maximum atomic E-state index is 13.3. The third-order valence-electron chi connectivity index (χ3n) is 5.11. The second-order valence-corrected chi connectivity index (χ2v) is 9.60. The predicted molar refractivity (Wildman–Crippen MR) is 114 cm³/mol. The molecule has 0 saturated heterocycles. The first-order chi connectivity index (χ1) is 12.5. The highest BCUT2D eigenvalue weighted by Gasteiger charge is 2.27. The van der Waals surface area contributed by atoms with Gasteiger partial charge in [0.2, 0.25) is 0 Å². The van der Waals surface area contributed by atoms with E-state index in [2.05, 4.69) is 39.9 Å². The van der Waals surface area contributed by atoms with Crippen molar-refractivity contribution in [1.82, 2.24) is 5.32 Å². The summed E-state index contributed by atoms with van der Waals surface area (Å²) in [6.45, 7) is 12.9. The second-order valence-electron chi connectivity index (χ2n) is 7.55. The molecule has 0 aromatic rings. The molecule has 1 N–H and O–H groups in total. The molecule has 0 fully saturated rings. The number of hydrogen-bond donors (Lipinski definition) is 1. The molecule has 5 heteroatoms. The monoisotopic (exact) mass is 391 g/mol. The molecule has 4 nitrogen and oxygen atoms in total. The Morgan fingerprint density at radius 2 is 1.23 bits per heavy atom. The normalized spacial score (nSPS) is 16.3. The number of nitrogens with one attached hydrogen (secondary N) is 1. The zero-order valence-corrected chi connectivity index (χ0v) is 19.1. The van der Waals surface area contributed by atoms with E-state index in [9.17, 15) is 4.57 Å². The quantitative estimate of drug-likeness (QED) is 0.190. The van der Waals surface area contributed by atoms with Crippen molar-refractivity contribution < 1.29 is 13.6 Å². The van der Waals surface area contributed by atoms with Crippen LogP contribution in [0, 0.1) is 11.8 Å². The van der Waals surface area contributed by atoms with Gasteiger partial charge in [-0.25, -0.2) is 0 Å². The van der Waals surface area contributed by atoms with Crippen molar-refractivity contribution >= 4 is 7.60 Å². The highest BCUT2D eigenvalue weighted by Crippen LogP contribution is 2.48. The Labute approximate surface area is 163 Å². The third kappa shape index (κ3) is 13.3. The Kier molecular flexibility index (Phi) is 17.3. The Balaban J connectivity index is 4.63. The van der Waals surface area contributed by atoms with Crippen LogP contribution in [-0.2, 0) is 13.6 Å². The minimum Gasteiger partial charge on any atom is -0.307 e. The summed E-state index contributed by atoms with van der Waals surface area (Å²) in [5.74, 6) is 0.953. The van der Waals surface area contributed by atoms with E-state index in [1.54, 1.807) is 0 Å². The zero-order chi connectivity index (χ0) is 19.7.